The number of aliphatic hydroxyl groups excluding tert-OH is 1. The molecule has 1 N–H and O–H groups in total. The smallest absolute Gasteiger partial charge is 0.312 e. The minimum absolute atomic E-state index is 0.238. The molecule has 8 nitrogen and oxygen atoms in total. The fraction of sp³-hybridized carbons (Fsp3) is 0.500. The van der Waals surface area contributed by atoms with Crippen LogP contribution in [0.25, 0.3) is 0 Å². The van der Waals surface area contributed by atoms with E-state index in [0.29, 0.717) is 13.0 Å². The van der Waals surface area contributed by atoms with Crippen LogP contribution >= 0.6 is 0 Å². The average Bonchev–Trinajstić information content (AvgIpc) is 3.19. The number of cyclic esters (lactones) is 1. The van der Waals surface area contributed by atoms with Crippen molar-refractivity contribution in [1.82, 2.24) is 4.90 Å². The van der Waals surface area contributed by atoms with Crippen molar-refractivity contribution in [1.29, 1.82) is 0 Å². The number of fused-ring (bicyclic) bond motifs is 2. The van der Waals surface area contributed by atoms with Crippen LogP contribution < -0.4 is 4.90 Å². The zero-order valence-electron chi connectivity index (χ0n) is 19.6. The number of amides is 2. The first-order valence-electron chi connectivity index (χ1n) is 11.8. The Morgan fingerprint density at radius 1 is 1.18 bits per heavy atom. The Bertz CT molecular complexity index is 1100. The van der Waals surface area contributed by atoms with E-state index in [1.165, 1.54) is 4.90 Å². The second kappa shape index (κ2) is 8.36. The average molecular weight is 467 g/mol. The molecule has 1 aromatic rings. The van der Waals surface area contributed by atoms with Gasteiger partial charge in [-0.15, -0.1) is 0 Å². The highest BCUT2D eigenvalue weighted by Crippen LogP contribution is 2.53. The van der Waals surface area contributed by atoms with Gasteiger partial charge in [0.25, 0.3) is 5.91 Å². The molecule has 0 saturated carbocycles. The number of hydrogen-bond acceptors (Lipinski definition) is 6. The maximum Gasteiger partial charge on any atom is 0.312 e. The summed E-state index contributed by atoms with van der Waals surface area (Å²) in [5.41, 5.74) is 1.39. The number of aliphatic hydroxyl groups is 1. The van der Waals surface area contributed by atoms with Gasteiger partial charge in [-0.25, -0.2) is 0 Å². The summed E-state index contributed by atoms with van der Waals surface area (Å²) >= 11 is 0. The van der Waals surface area contributed by atoms with Gasteiger partial charge in [-0.3, -0.25) is 14.4 Å². The van der Waals surface area contributed by atoms with E-state index in [4.69, 9.17) is 9.47 Å². The highest BCUT2D eigenvalue weighted by atomic mass is 16.6. The van der Waals surface area contributed by atoms with Crippen LogP contribution in [0.1, 0.15) is 24.5 Å². The standard InChI is InChI=1S/C26H30N2O6/c1-15-8-9-16(2)18(13-15)27-11-6-10-26-21(20-19(34-26)7-4-5-12-33-25(20)32)23(30)28(17(3)14-29)22(26)24(27)31/h4,6-10,13,17,19-22,29H,5,11-12,14H2,1-3H3/t17-,19+,20-,21+,22?,26+/m1/s1. The fourth-order valence-electron chi connectivity index (χ4n) is 5.84. The fourth-order valence-corrected chi connectivity index (χ4v) is 5.84. The van der Waals surface area contributed by atoms with Gasteiger partial charge >= 0.3 is 5.97 Å². The molecule has 8 heteroatoms. The van der Waals surface area contributed by atoms with Gasteiger partial charge in [0.2, 0.25) is 5.91 Å². The first kappa shape index (κ1) is 22.8. The van der Waals surface area contributed by atoms with E-state index in [9.17, 15) is 19.5 Å². The van der Waals surface area contributed by atoms with E-state index >= 15 is 0 Å². The number of carbonyl (C=O) groups is 3. The third-order valence-corrected chi connectivity index (χ3v) is 7.45. The summed E-state index contributed by atoms with van der Waals surface area (Å²) in [4.78, 5) is 44.2. The quantitative estimate of drug-likeness (QED) is 0.538. The van der Waals surface area contributed by atoms with E-state index in [-0.39, 0.29) is 25.0 Å². The normalized spacial score (nSPS) is 33.6. The number of hydrogen-bond donors (Lipinski definition) is 1. The van der Waals surface area contributed by atoms with Crippen molar-refractivity contribution in [2.45, 2.75) is 51.0 Å². The van der Waals surface area contributed by atoms with Crippen molar-refractivity contribution in [3.05, 3.63) is 53.6 Å². The number of benzene rings is 1. The number of rotatable bonds is 3. The molecule has 5 rings (SSSR count). The molecule has 4 heterocycles. The number of ether oxygens (including phenoxy) is 2. The lowest BCUT2D eigenvalue weighted by molar-refractivity contribution is -0.155. The highest BCUT2D eigenvalue weighted by Gasteiger charge is 2.72. The SMILES string of the molecule is Cc1ccc(C)c(N2CC=C[C@]34O[C@H]5C=CCCOC(=O)[C@H]5[C@H]3C(=O)N([C@H](C)CO)C4C2=O)c1. The van der Waals surface area contributed by atoms with Crippen LogP contribution in [-0.4, -0.2) is 71.3 Å². The van der Waals surface area contributed by atoms with Gasteiger partial charge in [0.1, 0.15) is 17.6 Å². The monoisotopic (exact) mass is 466 g/mol. The molecule has 2 fully saturated rings. The minimum Gasteiger partial charge on any atom is -0.465 e. The summed E-state index contributed by atoms with van der Waals surface area (Å²) in [6.07, 6.45) is 7.24. The molecule has 1 spiro atoms. The zero-order valence-corrected chi connectivity index (χ0v) is 19.6. The van der Waals surface area contributed by atoms with Crippen LogP contribution in [0.2, 0.25) is 0 Å². The summed E-state index contributed by atoms with van der Waals surface area (Å²) in [5, 5.41) is 9.97. The second-order valence-corrected chi connectivity index (χ2v) is 9.64. The lowest BCUT2D eigenvalue weighted by Crippen LogP contribution is -2.57. The van der Waals surface area contributed by atoms with Crippen molar-refractivity contribution < 1.29 is 29.0 Å². The number of aryl methyl sites for hydroxylation is 2. The molecule has 1 aromatic carbocycles. The Balaban J connectivity index is 1.66. The predicted molar refractivity (Wildman–Crippen MR) is 124 cm³/mol. The highest BCUT2D eigenvalue weighted by molar-refractivity contribution is 6.06. The number of carbonyl (C=O) groups excluding carboxylic acids is 3. The Hall–Kier alpha value is -2.97. The summed E-state index contributed by atoms with van der Waals surface area (Å²) in [5.74, 6) is -2.91. The summed E-state index contributed by atoms with van der Waals surface area (Å²) < 4.78 is 11.9. The van der Waals surface area contributed by atoms with Gasteiger partial charge in [-0.05, 0) is 44.4 Å². The van der Waals surface area contributed by atoms with Gasteiger partial charge in [0, 0.05) is 12.2 Å². The van der Waals surface area contributed by atoms with Crippen molar-refractivity contribution in [2.24, 2.45) is 11.8 Å². The Labute approximate surface area is 198 Å². The first-order chi connectivity index (χ1) is 16.3. The first-order valence-corrected chi connectivity index (χ1v) is 11.8. The topological polar surface area (TPSA) is 96.4 Å². The van der Waals surface area contributed by atoms with Crippen molar-refractivity contribution in [3.63, 3.8) is 0 Å². The maximum absolute atomic E-state index is 14.2. The Kier molecular flexibility index (Phi) is 5.61. The second-order valence-electron chi connectivity index (χ2n) is 9.64. The summed E-state index contributed by atoms with van der Waals surface area (Å²) in [6.45, 7) is 5.84. The lowest BCUT2D eigenvalue weighted by atomic mass is 9.77. The van der Waals surface area contributed by atoms with Gasteiger partial charge in [0.15, 0.2) is 0 Å². The summed E-state index contributed by atoms with van der Waals surface area (Å²) in [6, 6.07) is 4.27. The molecule has 4 aliphatic rings. The van der Waals surface area contributed by atoms with E-state index in [1.54, 1.807) is 17.9 Å². The van der Waals surface area contributed by atoms with Crippen LogP contribution in [0.4, 0.5) is 5.69 Å². The van der Waals surface area contributed by atoms with Crippen LogP contribution in [0.15, 0.2) is 42.5 Å². The number of likely N-dealkylation sites (tertiary alicyclic amines) is 1. The molecule has 0 bridgehead atoms. The molecule has 0 aromatic heterocycles. The number of anilines is 1. The number of nitrogens with zero attached hydrogens (tertiary/aromatic N) is 2. The van der Waals surface area contributed by atoms with Crippen molar-refractivity contribution in [3.8, 4) is 0 Å². The molecule has 0 radical (unpaired) electrons. The Morgan fingerprint density at radius 3 is 2.74 bits per heavy atom. The van der Waals surface area contributed by atoms with Gasteiger partial charge < -0.3 is 24.4 Å². The largest absolute Gasteiger partial charge is 0.465 e. The Morgan fingerprint density at radius 2 is 1.97 bits per heavy atom. The molecule has 2 saturated heterocycles. The third-order valence-electron chi connectivity index (χ3n) is 7.45. The van der Waals surface area contributed by atoms with Crippen LogP contribution in [0, 0.1) is 25.7 Å². The van der Waals surface area contributed by atoms with Gasteiger partial charge in [0.05, 0.1) is 31.3 Å². The van der Waals surface area contributed by atoms with Gasteiger partial charge in [-0.1, -0.05) is 36.4 Å². The van der Waals surface area contributed by atoms with E-state index in [0.717, 1.165) is 16.8 Å². The maximum atomic E-state index is 14.2. The predicted octanol–water partition coefficient (Wildman–Crippen LogP) is 1.67. The van der Waals surface area contributed by atoms with Crippen LogP contribution in [0.3, 0.4) is 0 Å². The van der Waals surface area contributed by atoms with Crippen molar-refractivity contribution in [2.75, 3.05) is 24.7 Å². The molecule has 4 aliphatic heterocycles. The van der Waals surface area contributed by atoms with E-state index in [1.807, 2.05) is 50.3 Å². The van der Waals surface area contributed by atoms with E-state index in [2.05, 4.69) is 0 Å². The van der Waals surface area contributed by atoms with Crippen LogP contribution in [0.5, 0.6) is 0 Å². The minimum atomic E-state index is -1.33. The van der Waals surface area contributed by atoms with Gasteiger partial charge in [-0.2, -0.15) is 0 Å². The molecule has 180 valence electrons. The molecule has 6 atom stereocenters. The van der Waals surface area contributed by atoms with Crippen molar-refractivity contribution >= 4 is 23.5 Å². The molecule has 0 aliphatic carbocycles. The molecule has 34 heavy (non-hydrogen) atoms. The number of esters is 1. The van der Waals surface area contributed by atoms with E-state index < -0.39 is 41.6 Å². The third kappa shape index (κ3) is 3.23. The zero-order chi connectivity index (χ0) is 24.2. The molecule has 2 amide bonds. The molecule has 1 unspecified atom stereocenters. The molecular weight excluding hydrogens is 436 g/mol. The lowest BCUT2D eigenvalue weighted by Gasteiger charge is -2.37. The molecular formula is C26H30N2O6. The van der Waals surface area contributed by atoms with Crippen LogP contribution in [-0.2, 0) is 23.9 Å². The summed E-state index contributed by atoms with van der Waals surface area (Å²) in [7, 11) is 0.